The summed E-state index contributed by atoms with van der Waals surface area (Å²) in [4.78, 5) is 13.2. The quantitative estimate of drug-likeness (QED) is 0.587. The number of ether oxygens (including phenoxy) is 2. The lowest BCUT2D eigenvalue weighted by Gasteiger charge is -2.08. The third kappa shape index (κ3) is 2.15. The number of nitrogens with zero attached hydrogens (tertiary/aromatic N) is 2. The summed E-state index contributed by atoms with van der Waals surface area (Å²) < 4.78 is 34.3. The summed E-state index contributed by atoms with van der Waals surface area (Å²) in [5.41, 5.74) is -1.42. The largest absolute Gasteiger partial charge is 0.489 e. The fraction of sp³-hybridized carbons (Fsp3) is 0.375. The van der Waals surface area contributed by atoms with Crippen molar-refractivity contribution < 1.29 is 23.2 Å². The molecule has 6 nitrogen and oxygen atoms in total. The Morgan fingerprint density at radius 3 is 2.44 bits per heavy atom. The van der Waals surface area contributed by atoms with Gasteiger partial charge in [-0.1, -0.05) is 0 Å². The van der Waals surface area contributed by atoms with E-state index in [2.05, 4.69) is 14.5 Å². The lowest BCUT2D eigenvalue weighted by Crippen LogP contribution is -2.03. The average molecular weight is 234 g/mol. The minimum Gasteiger partial charge on any atom is -0.489 e. The molecule has 0 aliphatic heterocycles. The SMILES string of the molecule is COc1cc([N+](=O)[O-])c(OC)c(C(F)F)n1. The van der Waals surface area contributed by atoms with Gasteiger partial charge >= 0.3 is 5.69 Å². The van der Waals surface area contributed by atoms with Crippen molar-refractivity contribution in [2.75, 3.05) is 14.2 Å². The molecule has 1 aromatic heterocycles. The number of alkyl halides is 2. The molecule has 0 saturated heterocycles. The van der Waals surface area contributed by atoms with Gasteiger partial charge in [-0.3, -0.25) is 10.1 Å². The number of aromatic nitrogens is 1. The van der Waals surface area contributed by atoms with Crippen LogP contribution in [0, 0.1) is 10.1 Å². The van der Waals surface area contributed by atoms with Crippen LogP contribution in [-0.4, -0.2) is 24.1 Å². The van der Waals surface area contributed by atoms with E-state index in [1.54, 1.807) is 0 Å². The first-order chi connectivity index (χ1) is 7.51. The second-order valence-electron chi connectivity index (χ2n) is 2.66. The minimum atomic E-state index is -2.98. The van der Waals surface area contributed by atoms with E-state index >= 15 is 0 Å². The van der Waals surface area contributed by atoms with Crippen LogP contribution in [-0.2, 0) is 0 Å². The maximum Gasteiger partial charge on any atom is 0.318 e. The van der Waals surface area contributed by atoms with E-state index in [0.717, 1.165) is 13.2 Å². The van der Waals surface area contributed by atoms with Crippen molar-refractivity contribution in [2.45, 2.75) is 6.43 Å². The zero-order valence-electron chi connectivity index (χ0n) is 8.44. The maximum atomic E-state index is 12.6. The molecule has 0 saturated carbocycles. The van der Waals surface area contributed by atoms with Crippen LogP contribution in [0.25, 0.3) is 0 Å². The van der Waals surface area contributed by atoms with Crippen LogP contribution in [0.2, 0.25) is 0 Å². The van der Waals surface area contributed by atoms with Gasteiger partial charge in [-0.25, -0.2) is 13.8 Å². The summed E-state index contributed by atoms with van der Waals surface area (Å²) in [6, 6.07) is 0.921. The normalized spacial score (nSPS) is 10.3. The van der Waals surface area contributed by atoms with E-state index in [1.165, 1.54) is 7.11 Å². The zero-order valence-corrected chi connectivity index (χ0v) is 8.44. The van der Waals surface area contributed by atoms with Gasteiger partial charge in [0, 0.05) is 0 Å². The molecule has 0 N–H and O–H groups in total. The molecule has 0 aliphatic carbocycles. The molecule has 0 aliphatic rings. The predicted octanol–water partition coefficient (Wildman–Crippen LogP) is 1.94. The molecule has 8 heteroatoms. The van der Waals surface area contributed by atoms with Crippen LogP contribution in [0.3, 0.4) is 0 Å². The molecule has 0 bridgehead atoms. The average Bonchev–Trinajstić information content (AvgIpc) is 2.26. The number of pyridine rings is 1. The summed E-state index contributed by atoms with van der Waals surface area (Å²) in [5.74, 6) is -0.816. The second-order valence-corrected chi connectivity index (χ2v) is 2.66. The Morgan fingerprint density at radius 1 is 1.44 bits per heavy atom. The summed E-state index contributed by atoms with van der Waals surface area (Å²) in [5, 5.41) is 10.6. The van der Waals surface area contributed by atoms with E-state index in [9.17, 15) is 18.9 Å². The number of hydrogen-bond acceptors (Lipinski definition) is 5. The van der Waals surface area contributed by atoms with Gasteiger partial charge < -0.3 is 9.47 Å². The highest BCUT2D eigenvalue weighted by Gasteiger charge is 2.27. The first kappa shape index (κ1) is 12.1. The second kappa shape index (κ2) is 4.69. The molecule has 0 aromatic carbocycles. The van der Waals surface area contributed by atoms with Crippen LogP contribution in [0.4, 0.5) is 14.5 Å². The van der Waals surface area contributed by atoms with E-state index in [1.807, 2.05) is 0 Å². The van der Waals surface area contributed by atoms with Crippen molar-refractivity contribution in [3.63, 3.8) is 0 Å². The van der Waals surface area contributed by atoms with Gasteiger partial charge in [-0.05, 0) is 0 Å². The van der Waals surface area contributed by atoms with Crippen LogP contribution in [0.1, 0.15) is 12.1 Å². The molecule has 0 atom stereocenters. The van der Waals surface area contributed by atoms with Crippen molar-refractivity contribution in [2.24, 2.45) is 0 Å². The molecule has 1 rings (SSSR count). The Bertz CT molecular complexity index is 411. The zero-order chi connectivity index (χ0) is 12.3. The number of halogens is 2. The van der Waals surface area contributed by atoms with Crippen molar-refractivity contribution >= 4 is 5.69 Å². The first-order valence-corrected chi connectivity index (χ1v) is 4.06. The summed E-state index contributed by atoms with van der Waals surface area (Å²) >= 11 is 0. The van der Waals surface area contributed by atoms with Crippen molar-refractivity contribution in [3.8, 4) is 11.6 Å². The van der Waals surface area contributed by atoms with Gasteiger partial charge in [0.2, 0.25) is 11.6 Å². The summed E-state index contributed by atoms with van der Waals surface area (Å²) in [6.45, 7) is 0. The smallest absolute Gasteiger partial charge is 0.318 e. The molecule has 0 unspecified atom stereocenters. The standard InChI is InChI=1S/C8H8F2N2O4/c1-15-5-3-4(12(13)14)7(16-2)6(11-5)8(9)10/h3,8H,1-2H3. The Balaban J connectivity index is 3.46. The van der Waals surface area contributed by atoms with Gasteiger partial charge in [0.05, 0.1) is 25.2 Å². The number of hydrogen-bond donors (Lipinski definition) is 0. The highest BCUT2D eigenvalue weighted by molar-refractivity contribution is 5.52. The highest BCUT2D eigenvalue weighted by Crippen LogP contribution is 2.37. The molecule has 0 spiro atoms. The van der Waals surface area contributed by atoms with E-state index in [0.29, 0.717) is 0 Å². The molecular weight excluding hydrogens is 226 g/mol. The van der Waals surface area contributed by atoms with Crippen LogP contribution >= 0.6 is 0 Å². The predicted molar refractivity (Wildman–Crippen MR) is 49.0 cm³/mol. The summed E-state index contributed by atoms with van der Waals surface area (Å²) in [6.07, 6.45) is -2.98. The Morgan fingerprint density at radius 2 is 2.06 bits per heavy atom. The monoisotopic (exact) mass is 234 g/mol. The molecule has 88 valence electrons. The highest BCUT2D eigenvalue weighted by atomic mass is 19.3. The van der Waals surface area contributed by atoms with Gasteiger partial charge in [0.25, 0.3) is 6.43 Å². The fourth-order valence-corrected chi connectivity index (χ4v) is 1.11. The lowest BCUT2D eigenvalue weighted by molar-refractivity contribution is -0.386. The Labute approximate surface area is 89.0 Å². The van der Waals surface area contributed by atoms with Gasteiger partial charge in [-0.2, -0.15) is 0 Å². The summed E-state index contributed by atoms with van der Waals surface area (Å²) in [7, 11) is 2.23. The van der Waals surface area contributed by atoms with Crippen LogP contribution in [0.5, 0.6) is 11.6 Å². The Kier molecular flexibility index (Phi) is 3.54. The maximum absolute atomic E-state index is 12.6. The van der Waals surface area contributed by atoms with E-state index in [4.69, 9.17) is 0 Å². The number of methoxy groups -OCH3 is 2. The molecule has 0 amide bonds. The van der Waals surface area contributed by atoms with Gasteiger partial charge in [0.1, 0.15) is 0 Å². The van der Waals surface area contributed by atoms with Gasteiger partial charge in [-0.15, -0.1) is 0 Å². The van der Waals surface area contributed by atoms with E-state index in [-0.39, 0.29) is 5.88 Å². The number of nitro groups is 1. The molecular formula is C8H8F2N2O4. The molecule has 16 heavy (non-hydrogen) atoms. The van der Waals surface area contributed by atoms with Crippen molar-refractivity contribution in [1.82, 2.24) is 4.98 Å². The molecule has 0 radical (unpaired) electrons. The minimum absolute atomic E-state index is 0.261. The third-order valence-electron chi connectivity index (χ3n) is 1.77. The van der Waals surface area contributed by atoms with Crippen LogP contribution < -0.4 is 9.47 Å². The van der Waals surface area contributed by atoms with Gasteiger partial charge in [0.15, 0.2) is 5.69 Å². The first-order valence-electron chi connectivity index (χ1n) is 4.06. The van der Waals surface area contributed by atoms with Crippen LogP contribution in [0.15, 0.2) is 6.07 Å². The molecule has 1 aromatic rings. The van der Waals surface area contributed by atoms with Crippen molar-refractivity contribution in [3.05, 3.63) is 21.9 Å². The topological polar surface area (TPSA) is 74.5 Å². The fourth-order valence-electron chi connectivity index (χ4n) is 1.11. The third-order valence-corrected chi connectivity index (χ3v) is 1.77. The Hall–Kier alpha value is -1.99. The number of rotatable bonds is 4. The van der Waals surface area contributed by atoms with E-state index < -0.39 is 28.5 Å². The molecule has 0 fully saturated rings. The molecule has 1 heterocycles. The van der Waals surface area contributed by atoms with Crippen molar-refractivity contribution in [1.29, 1.82) is 0 Å². The lowest BCUT2D eigenvalue weighted by atomic mass is 10.3.